The van der Waals surface area contributed by atoms with Crippen molar-refractivity contribution < 1.29 is 0 Å². The average Bonchev–Trinajstić information content (AvgIpc) is 3.04. The molecule has 0 saturated carbocycles. The second-order valence-corrected chi connectivity index (χ2v) is 5.04. The molecule has 0 saturated heterocycles. The lowest BCUT2D eigenvalue weighted by Gasteiger charge is -2.14. The number of hydrogen-bond acceptors (Lipinski definition) is 5. The SMILES string of the molecule is CCc1cc(CC(NN)c2cncs2)n(CC)n1. The summed E-state index contributed by atoms with van der Waals surface area (Å²) in [6.45, 7) is 5.11. The molecule has 0 bridgehead atoms. The van der Waals surface area contributed by atoms with E-state index in [0.717, 1.165) is 30.0 Å². The Balaban J connectivity index is 2.19. The van der Waals surface area contributed by atoms with Crippen molar-refractivity contribution in [1.29, 1.82) is 0 Å². The molecule has 2 heterocycles. The molecule has 0 aliphatic rings. The van der Waals surface area contributed by atoms with Crippen LogP contribution in [0.4, 0.5) is 0 Å². The quantitative estimate of drug-likeness (QED) is 0.616. The van der Waals surface area contributed by atoms with Crippen molar-refractivity contribution in [2.24, 2.45) is 5.84 Å². The number of nitrogens with two attached hydrogens (primary N) is 1. The summed E-state index contributed by atoms with van der Waals surface area (Å²) in [6, 6.07) is 2.26. The molecule has 2 rings (SSSR count). The van der Waals surface area contributed by atoms with E-state index < -0.39 is 0 Å². The topological polar surface area (TPSA) is 68.8 Å². The summed E-state index contributed by atoms with van der Waals surface area (Å²) in [4.78, 5) is 5.25. The van der Waals surface area contributed by atoms with Gasteiger partial charge in [0.1, 0.15) is 0 Å². The van der Waals surface area contributed by atoms with Crippen LogP contribution in [0.2, 0.25) is 0 Å². The van der Waals surface area contributed by atoms with Crippen LogP contribution in [0.15, 0.2) is 17.8 Å². The molecule has 98 valence electrons. The number of rotatable bonds is 6. The maximum Gasteiger partial charge on any atom is 0.0794 e. The van der Waals surface area contributed by atoms with Crippen molar-refractivity contribution >= 4 is 11.3 Å². The number of hydrogen-bond donors (Lipinski definition) is 2. The third-order valence-corrected chi connectivity index (χ3v) is 3.87. The van der Waals surface area contributed by atoms with Gasteiger partial charge in [-0.05, 0) is 19.4 Å². The Hall–Kier alpha value is -1.24. The minimum Gasteiger partial charge on any atom is -0.271 e. The Morgan fingerprint density at radius 1 is 1.50 bits per heavy atom. The molecule has 1 atom stereocenters. The summed E-state index contributed by atoms with van der Waals surface area (Å²) in [5, 5.41) is 4.55. The van der Waals surface area contributed by atoms with Crippen LogP contribution in [0.25, 0.3) is 0 Å². The van der Waals surface area contributed by atoms with E-state index in [-0.39, 0.29) is 6.04 Å². The predicted molar refractivity (Wildman–Crippen MR) is 73.2 cm³/mol. The van der Waals surface area contributed by atoms with Crippen molar-refractivity contribution in [3.63, 3.8) is 0 Å². The predicted octanol–water partition coefficient (Wildman–Crippen LogP) is 1.67. The Bertz CT molecular complexity index is 477. The first-order valence-electron chi connectivity index (χ1n) is 6.18. The van der Waals surface area contributed by atoms with Crippen LogP contribution < -0.4 is 11.3 Å². The maximum atomic E-state index is 5.64. The lowest BCUT2D eigenvalue weighted by molar-refractivity contribution is 0.522. The summed E-state index contributed by atoms with van der Waals surface area (Å²) in [6.07, 6.45) is 3.66. The molecule has 0 aliphatic carbocycles. The van der Waals surface area contributed by atoms with Crippen LogP contribution in [-0.2, 0) is 19.4 Å². The number of hydrazine groups is 1. The number of thiazole rings is 1. The van der Waals surface area contributed by atoms with Crippen LogP contribution in [0, 0.1) is 0 Å². The van der Waals surface area contributed by atoms with Gasteiger partial charge in [-0.25, -0.2) is 0 Å². The van der Waals surface area contributed by atoms with Crippen LogP contribution >= 0.6 is 11.3 Å². The number of nitrogens with one attached hydrogen (secondary N) is 1. The second kappa shape index (κ2) is 6.08. The highest BCUT2D eigenvalue weighted by molar-refractivity contribution is 7.09. The first-order chi connectivity index (χ1) is 8.78. The van der Waals surface area contributed by atoms with Crippen LogP contribution in [0.3, 0.4) is 0 Å². The van der Waals surface area contributed by atoms with Crippen molar-refractivity contribution in [3.05, 3.63) is 34.0 Å². The molecule has 6 heteroatoms. The van der Waals surface area contributed by atoms with Gasteiger partial charge < -0.3 is 0 Å². The Morgan fingerprint density at radius 2 is 2.33 bits per heavy atom. The lowest BCUT2D eigenvalue weighted by Crippen LogP contribution is -2.29. The first kappa shape index (κ1) is 13.2. The minimum absolute atomic E-state index is 0.101. The summed E-state index contributed by atoms with van der Waals surface area (Å²) < 4.78 is 2.05. The van der Waals surface area contributed by atoms with Gasteiger partial charge in [-0.15, -0.1) is 11.3 Å². The highest BCUT2D eigenvalue weighted by Gasteiger charge is 2.15. The van der Waals surface area contributed by atoms with Gasteiger partial charge in [0.25, 0.3) is 0 Å². The van der Waals surface area contributed by atoms with Crippen LogP contribution in [0.5, 0.6) is 0 Å². The summed E-state index contributed by atoms with van der Waals surface area (Å²) in [5.74, 6) is 5.64. The molecular weight excluding hydrogens is 246 g/mol. The Kier molecular flexibility index (Phi) is 4.46. The standard InChI is InChI=1S/C12H19N5S/c1-3-9-5-10(17(4-2)16-9)6-11(15-13)12-7-14-8-18-12/h5,7-8,11,15H,3-4,6,13H2,1-2H3. The van der Waals surface area contributed by atoms with Crippen molar-refractivity contribution in [1.82, 2.24) is 20.2 Å². The van der Waals surface area contributed by atoms with Gasteiger partial charge >= 0.3 is 0 Å². The van der Waals surface area contributed by atoms with Gasteiger partial charge in [0.05, 0.1) is 17.2 Å². The molecule has 0 amide bonds. The number of aryl methyl sites for hydroxylation is 2. The first-order valence-corrected chi connectivity index (χ1v) is 7.06. The van der Waals surface area contributed by atoms with Crippen LogP contribution in [0.1, 0.15) is 36.2 Å². The zero-order valence-electron chi connectivity index (χ0n) is 10.8. The summed E-state index contributed by atoms with van der Waals surface area (Å²) >= 11 is 1.62. The summed E-state index contributed by atoms with van der Waals surface area (Å²) in [5.41, 5.74) is 7.03. The highest BCUT2D eigenvalue weighted by Crippen LogP contribution is 2.21. The van der Waals surface area contributed by atoms with Gasteiger partial charge in [-0.3, -0.25) is 20.9 Å². The molecule has 5 nitrogen and oxygen atoms in total. The molecule has 2 aromatic rings. The third-order valence-electron chi connectivity index (χ3n) is 2.99. The van der Waals surface area contributed by atoms with Gasteiger partial charge in [0.15, 0.2) is 0 Å². The third kappa shape index (κ3) is 2.77. The van der Waals surface area contributed by atoms with Crippen molar-refractivity contribution in [2.75, 3.05) is 0 Å². The molecule has 1 unspecified atom stereocenters. The zero-order chi connectivity index (χ0) is 13.0. The molecule has 0 aliphatic heterocycles. The molecule has 0 aromatic carbocycles. The number of nitrogens with zero attached hydrogens (tertiary/aromatic N) is 3. The van der Waals surface area contributed by atoms with Crippen molar-refractivity contribution in [3.8, 4) is 0 Å². The Morgan fingerprint density at radius 3 is 2.89 bits per heavy atom. The van der Waals surface area contributed by atoms with Gasteiger partial charge in [0, 0.05) is 29.7 Å². The minimum atomic E-state index is 0.101. The van der Waals surface area contributed by atoms with E-state index in [1.807, 2.05) is 16.4 Å². The average molecular weight is 265 g/mol. The molecule has 2 aromatic heterocycles. The molecular formula is C12H19N5S. The highest BCUT2D eigenvalue weighted by atomic mass is 32.1. The van der Waals surface area contributed by atoms with Gasteiger partial charge in [-0.2, -0.15) is 5.10 Å². The summed E-state index contributed by atoms with van der Waals surface area (Å²) in [7, 11) is 0. The van der Waals surface area contributed by atoms with E-state index in [2.05, 4.69) is 35.4 Å². The normalized spacial score (nSPS) is 12.8. The van der Waals surface area contributed by atoms with E-state index in [1.54, 1.807) is 11.3 Å². The molecule has 0 spiro atoms. The second-order valence-electron chi connectivity index (χ2n) is 4.12. The van der Waals surface area contributed by atoms with Crippen molar-refractivity contribution in [2.45, 2.75) is 39.3 Å². The van der Waals surface area contributed by atoms with E-state index in [4.69, 9.17) is 5.84 Å². The maximum absolute atomic E-state index is 5.64. The van der Waals surface area contributed by atoms with Gasteiger partial charge in [-0.1, -0.05) is 6.92 Å². The van der Waals surface area contributed by atoms with E-state index in [1.165, 1.54) is 5.69 Å². The molecule has 0 radical (unpaired) electrons. The van der Waals surface area contributed by atoms with E-state index in [0.29, 0.717) is 0 Å². The molecule has 18 heavy (non-hydrogen) atoms. The van der Waals surface area contributed by atoms with E-state index >= 15 is 0 Å². The fraction of sp³-hybridized carbons (Fsp3) is 0.500. The Labute approximate surface area is 111 Å². The smallest absolute Gasteiger partial charge is 0.0794 e. The van der Waals surface area contributed by atoms with Crippen LogP contribution in [-0.4, -0.2) is 14.8 Å². The van der Waals surface area contributed by atoms with E-state index in [9.17, 15) is 0 Å². The molecule has 0 fully saturated rings. The van der Waals surface area contributed by atoms with Gasteiger partial charge in [0.2, 0.25) is 0 Å². The fourth-order valence-corrected chi connectivity index (χ4v) is 2.66. The number of aromatic nitrogens is 3. The lowest BCUT2D eigenvalue weighted by atomic mass is 10.1. The molecule has 3 N–H and O–H groups in total. The fourth-order valence-electron chi connectivity index (χ4n) is 1.97. The largest absolute Gasteiger partial charge is 0.271 e. The zero-order valence-corrected chi connectivity index (χ0v) is 11.6. The monoisotopic (exact) mass is 265 g/mol.